The van der Waals surface area contributed by atoms with Crippen molar-refractivity contribution < 1.29 is 124 Å². The average molecular weight is 1140 g/mol. The van der Waals surface area contributed by atoms with Crippen molar-refractivity contribution in [1.82, 2.24) is 0 Å². The van der Waals surface area contributed by atoms with E-state index in [9.17, 15) is 58.2 Å². The number of fused-ring (bicyclic) bond motifs is 3. The summed E-state index contributed by atoms with van der Waals surface area (Å²) in [4.78, 5) is 128. The molecule has 19 atom stereocenters. The van der Waals surface area contributed by atoms with Gasteiger partial charge in [0.1, 0.15) is 37.6 Å². The fraction of sp³-hybridized carbons (Fsp3) is 0.778. The minimum absolute atomic E-state index is 0.160. The quantitative estimate of drug-likeness (QED) is 0.0680. The van der Waals surface area contributed by atoms with E-state index in [2.05, 4.69) is 13.5 Å². The molecule has 3 saturated carbocycles. The van der Waals surface area contributed by atoms with Crippen LogP contribution in [-0.4, -0.2) is 176 Å². The van der Waals surface area contributed by atoms with Crippen molar-refractivity contribution >= 4 is 59.7 Å². The highest BCUT2D eigenvalue weighted by Gasteiger charge is 2.64. The number of hydrogen-bond donors (Lipinski definition) is 2. The number of allylic oxidation sites excluding steroid dienone is 1. The summed E-state index contributed by atoms with van der Waals surface area (Å²) in [7, 11) is 0. The fourth-order valence-electron chi connectivity index (χ4n) is 12.8. The van der Waals surface area contributed by atoms with Crippen molar-refractivity contribution in [2.24, 2.45) is 28.1 Å². The smallest absolute Gasteiger partial charge is 0.309 e. The lowest BCUT2D eigenvalue weighted by Gasteiger charge is -2.64. The Morgan fingerprint density at radius 3 is 1.74 bits per heavy atom. The number of carboxylic acid groups (broad SMARTS) is 1. The Kier molecular flexibility index (Phi) is 22.2. The van der Waals surface area contributed by atoms with E-state index in [-0.39, 0.29) is 18.4 Å². The Bertz CT molecular complexity index is 2320. The van der Waals surface area contributed by atoms with Crippen LogP contribution < -0.4 is 0 Å². The number of ether oxygens (including phenoxy) is 14. The van der Waals surface area contributed by atoms with Gasteiger partial charge in [0.2, 0.25) is 12.4 Å². The van der Waals surface area contributed by atoms with Gasteiger partial charge in [-0.2, -0.15) is 0 Å². The first kappa shape index (κ1) is 65.0. The van der Waals surface area contributed by atoms with E-state index in [1.165, 1.54) is 6.92 Å². The van der Waals surface area contributed by atoms with E-state index in [0.29, 0.717) is 51.4 Å². The number of carboxylic acids is 1. The second-order valence-corrected chi connectivity index (χ2v) is 21.9. The van der Waals surface area contributed by atoms with Gasteiger partial charge in [-0.05, 0) is 76.0 Å². The number of aliphatic hydroxyl groups excluding tert-OH is 1. The summed E-state index contributed by atoms with van der Waals surface area (Å²) in [6.45, 7) is 16.9. The second-order valence-electron chi connectivity index (χ2n) is 21.9. The summed E-state index contributed by atoms with van der Waals surface area (Å²) < 4.78 is 83.5. The second kappa shape index (κ2) is 27.3. The lowest BCUT2D eigenvalue weighted by molar-refractivity contribution is -0.383. The Hall–Kier alpha value is -5.80. The molecule has 0 bridgehead atoms. The summed E-state index contributed by atoms with van der Waals surface area (Å²) in [6.07, 6.45) is -21.5. The Morgan fingerprint density at radius 1 is 0.613 bits per heavy atom. The van der Waals surface area contributed by atoms with Gasteiger partial charge >= 0.3 is 59.7 Å². The van der Waals surface area contributed by atoms with E-state index < -0.39 is 175 Å². The van der Waals surface area contributed by atoms with Gasteiger partial charge in [0, 0.05) is 67.7 Å². The van der Waals surface area contributed by atoms with Crippen LogP contribution in [0, 0.1) is 28.1 Å². The van der Waals surface area contributed by atoms with Crippen LogP contribution in [0.15, 0.2) is 12.2 Å². The summed E-state index contributed by atoms with van der Waals surface area (Å²) >= 11 is 0. The van der Waals surface area contributed by atoms with Gasteiger partial charge in [0.15, 0.2) is 43.1 Å². The van der Waals surface area contributed by atoms with E-state index >= 15 is 0 Å². The first-order chi connectivity index (χ1) is 37.3. The molecule has 0 radical (unpaired) electrons. The molecule has 26 heteroatoms. The largest absolute Gasteiger partial charge is 0.481 e. The number of hydrogen-bond acceptors (Lipinski definition) is 25. The monoisotopic (exact) mass is 1140 g/mol. The van der Waals surface area contributed by atoms with Crippen LogP contribution in [0.5, 0.6) is 0 Å². The predicted molar refractivity (Wildman–Crippen MR) is 266 cm³/mol. The van der Waals surface area contributed by atoms with Crippen LogP contribution in [0.3, 0.4) is 0 Å². The molecule has 2 aliphatic heterocycles. The normalized spacial score (nSPS) is 34.4. The molecule has 26 nitrogen and oxygen atoms in total. The average Bonchev–Trinajstić information content (AvgIpc) is 3.33. The highest BCUT2D eigenvalue weighted by atomic mass is 16.8. The maximum absolute atomic E-state index is 13.3. The van der Waals surface area contributed by atoms with Crippen molar-refractivity contribution in [1.29, 1.82) is 0 Å². The van der Waals surface area contributed by atoms with Crippen molar-refractivity contribution in [3.8, 4) is 0 Å². The minimum atomic E-state index is -2.35. The van der Waals surface area contributed by atoms with E-state index in [1.54, 1.807) is 6.92 Å². The molecule has 2 heterocycles. The summed E-state index contributed by atoms with van der Waals surface area (Å²) in [5.41, 5.74) is -1.40. The zero-order chi connectivity index (χ0) is 59.8. The Balaban J connectivity index is 1.78. The van der Waals surface area contributed by atoms with Crippen molar-refractivity contribution in [3.63, 3.8) is 0 Å². The molecule has 2 N–H and O–H groups in total. The van der Waals surface area contributed by atoms with Crippen LogP contribution in [-0.2, 0) is 114 Å². The zero-order valence-electron chi connectivity index (χ0n) is 47.4. The molecule has 5 rings (SSSR count). The molecule has 2 saturated heterocycles. The third kappa shape index (κ3) is 15.8. The fourth-order valence-corrected chi connectivity index (χ4v) is 12.8. The number of esters is 9. The lowest BCUT2D eigenvalue weighted by Crippen LogP contribution is -2.67. The molecule has 80 heavy (non-hydrogen) atoms. The Labute approximate surface area is 463 Å². The van der Waals surface area contributed by atoms with Gasteiger partial charge in [0.05, 0.1) is 18.1 Å². The van der Waals surface area contributed by atoms with Gasteiger partial charge < -0.3 is 76.5 Å². The molecule has 5 fully saturated rings. The first-order valence-corrected chi connectivity index (χ1v) is 26.6. The number of aliphatic carboxylic acids is 1. The third-order valence-electron chi connectivity index (χ3n) is 15.7. The molecule has 0 aromatic carbocycles. The van der Waals surface area contributed by atoms with Crippen LogP contribution in [0.25, 0.3) is 0 Å². The molecule has 5 aliphatic rings. The molecular weight excluding hydrogens is 1060 g/mol. The van der Waals surface area contributed by atoms with Gasteiger partial charge in [0.25, 0.3) is 0 Å². The standard InChI is InChI=1S/C54H78O26/c1-25-15-16-39-52(12)18-14-19-53(13,51(65)66)38(52)17-20-54(39,21-25)24-69-48-46(80-49-47(76-34(10)62)43(74-32(8)60)40(26(2)70-49)71-29(5)57)44(42(73-31(7)59)37(78-48)23-68-28(4)56)79-50(77-35(11)63)45(75-33(9)61)41(72-30(6)58)36(64)22-67-27(3)55/h26,36-50,64H,1,14-24H2,2-13H3,(H,65,66)/t26?,36?,37?,38?,39-,40-,41+,42+,43?,44?,45?,46?,47-,48+,49-,50-,52+,53+,54+/m0/s1. The molecule has 3 aliphatic carbocycles. The molecule has 8 unspecified atom stereocenters. The molecule has 0 aromatic heterocycles. The van der Waals surface area contributed by atoms with Crippen molar-refractivity contribution in [2.45, 2.75) is 220 Å². The van der Waals surface area contributed by atoms with E-state index in [4.69, 9.17) is 66.3 Å². The number of carbonyl (C=O) groups is 10. The summed E-state index contributed by atoms with van der Waals surface area (Å²) in [5, 5.41) is 22.2. The van der Waals surface area contributed by atoms with E-state index in [0.717, 1.165) is 67.9 Å². The van der Waals surface area contributed by atoms with Gasteiger partial charge in [-0.25, -0.2) is 0 Å². The third-order valence-corrected chi connectivity index (χ3v) is 15.7. The zero-order valence-corrected chi connectivity index (χ0v) is 47.4. The highest BCUT2D eigenvalue weighted by Crippen LogP contribution is 2.68. The van der Waals surface area contributed by atoms with Crippen LogP contribution in [0.2, 0.25) is 0 Å². The van der Waals surface area contributed by atoms with Gasteiger partial charge in [-0.15, -0.1) is 0 Å². The number of carbonyl (C=O) groups excluding carboxylic acids is 9. The summed E-state index contributed by atoms with van der Waals surface area (Å²) in [5.74, 6) is -10.1. The van der Waals surface area contributed by atoms with Gasteiger partial charge in [-0.1, -0.05) is 25.5 Å². The minimum Gasteiger partial charge on any atom is -0.481 e. The molecule has 0 spiro atoms. The highest BCUT2D eigenvalue weighted by molar-refractivity contribution is 5.75. The Morgan fingerprint density at radius 2 is 1.18 bits per heavy atom. The SMILES string of the molecule is C=C1CC[C@@H]2[C@](CO[C@@H]3OC(COC(C)=O)[C@@H](OC(C)=O)C(O[C@H](OC(C)=O)C(OC(C)=O)[C@H](OC(C)=O)C(O)COC(C)=O)C3O[C@@H]3OC(C)[C@H](OC(C)=O)C(OC(C)=O)[C@@H]3OC(C)=O)(CCC3[C@](C)(C(=O)O)CCC[C@]32C)C1. The van der Waals surface area contributed by atoms with Gasteiger partial charge in [-0.3, -0.25) is 47.9 Å². The molecular formula is C54H78O26. The van der Waals surface area contributed by atoms with E-state index in [1.807, 2.05) is 0 Å². The maximum atomic E-state index is 13.3. The van der Waals surface area contributed by atoms with Crippen molar-refractivity contribution in [3.05, 3.63) is 12.2 Å². The molecule has 0 amide bonds. The van der Waals surface area contributed by atoms with Crippen molar-refractivity contribution in [2.75, 3.05) is 19.8 Å². The lowest BCUT2D eigenvalue weighted by atomic mass is 9.40. The molecule has 0 aromatic rings. The topological polar surface area (TPSA) is 340 Å². The maximum Gasteiger partial charge on any atom is 0.309 e. The summed E-state index contributed by atoms with van der Waals surface area (Å²) in [6, 6.07) is 0. The van der Waals surface area contributed by atoms with Crippen LogP contribution in [0.4, 0.5) is 0 Å². The predicted octanol–water partition coefficient (Wildman–Crippen LogP) is 3.24. The van der Waals surface area contributed by atoms with Crippen LogP contribution >= 0.6 is 0 Å². The number of rotatable bonds is 22. The van der Waals surface area contributed by atoms with Crippen LogP contribution in [0.1, 0.15) is 134 Å². The molecule has 450 valence electrons. The first-order valence-electron chi connectivity index (χ1n) is 26.6. The number of aliphatic hydroxyl groups is 1.